The van der Waals surface area contributed by atoms with Crippen molar-refractivity contribution in [3.05, 3.63) is 64.4 Å². The highest BCUT2D eigenvalue weighted by Gasteiger charge is 2.26. The molecule has 2 rings (SSSR count). The monoisotopic (exact) mass is 277 g/mol. The Balaban J connectivity index is 2.43. The van der Waals surface area contributed by atoms with Gasteiger partial charge in [0.15, 0.2) is 0 Å². The number of nitrogens with zero attached hydrogens (tertiary/aromatic N) is 1. The van der Waals surface area contributed by atoms with Crippen LogP contribution in [0.3, 0.4) is 0 Å². The maximum absolute atomic E-state index is 10.5. The Kier molecular flexibility index (Phi) is 3.08. The first-order valence-corrected chi connectivity index (χ1v) is 5.80. The summed E-state index contributed by atoms with van der Waals surface area (Å²) >= 11 is 3.32. The zero-order chi connectivity index (χ0) is 11.6. The van der Waals surface area contributed by atoms with E-state index in [0.29, 0.717) is 5.69 Å². The standard InChI is InChI=1S/C13H12BrNO/c1-13(16,10-5-3-2-4-6-10)12-8-7-11(14)9-15-12/h2-9,16H,1H3. The summed E-state index contributed by atoms with van der Waals surface area (Å²) in [5.74, 6) is 0. The number of halogens is 1. The minimum absolute atomic E-state index is 0.641. The summed E-state index contributed by atoms with van der Waals surface area (Å²) in [6.45, 7) is 1.75. The van der Waals surface area contributed by atoms with Crippen LogP contribution in [-0.2, 0) is 5.60 Å². The molecule has 1 N–H and O–H groups in total. The molecule has 0 saturated carbocycles. The van der Waals surface area contributed by atoms with E-state index in [4.69, 9.17) is 0 Å². The van der Waals surface area contributed by atoms with Crippen molar-refractivity contribution in [1.29, 1.82) is 0 Å². The maximum atomic E-state index is 10.5. The van der Waals surface area contributed by atoms with Crippen molar-refractivity contribution in [3.63, 3.8) is 0 Å². The Morgan fingerprint density at radius 3 is 2.38 bits per heavy atom. The number of aliphatic hydroxyl groups is 1. The second-order valence-corrected chi connectivity index (χ2v) is 4.72. The van der Waals surface area contributed by atoms with Gasteiger partial charge >= 0.3 is 0 Å². The van der Waals surface area contributed by atoms with Crippen LogP contribution in [-0.4, -0.2) is 10.1 Å². The molecule has 2 aromatic rings. The highest BCUT2D eigenvalue weighted by Crippen LogP contribution is 2.27. The van der Waals surface area contributed by atoms with Crippen molar-refractivity contribution in [2.75, 3.05) is 0 Å². The maximum Gasteiger partial charge on any atom is 0.129 e. The van der Waals surface area contributed by atoms with E-state index in [9.17, 15) is 5.11 Å². The average molecular weight is 278 g/mol. The smallest absolute Gasteiger partial charge is 0.129 e. The van der Waals surface area contributed by atoms with Crippen LogP contribution in [0.5, 0.6) is 0 Å². The lowest BCUT2D eigenvalue weighted by Crippen LogP contribution is -2.23. The fourth-order valence-corrected chi connectivity index (χ4v) is 1.81. The molecule has 1 unspecified atom stereocenters. The molecule has 0 aliphatic heterocycles. The van der Waals surface area contributed by atoms with Crippen molar-refractivity contribution < 1.29 is 5.11 Å². The summed E-state index contributed by atoms with van der Waals surface area (Å²) in [5, 5.41) is 10.5. The van der Waals surface area contributed by atoms with Gasteiger partial charge < -0.3 is 5.11 Å². The molecule has 1 aromatic heterocycles. The topological polar surface area (TPSA) is 33.1 Å². The summed E-state index contributed by atoms with van der Waals surface area (Å²) in [6.07, 6.45) is 1.69. The van der Waals surface area contributed by atoms with Gasteiger partial charge in [-0.05, 0) is 40.5 Å². The van der Waals surface area contributed by atoms with Crippen LogP contribution in [0.15, 0.2) is 53.1 Å². The molecule has 16 heavy (non-hydrogen) atoms. The van der Waals surface area contributed by atoms with E-state index in [0.717, 1.165) is 10.0 Å². The number of pyridine rings is 1. The Labute approximate surface area is 103 Å². The van der Waals surface area contributed by atoms with E-state index >= 15 is 0 Å². The molecule has 3 heteroatoms. The van der Waals surface area contributed by atoms with Crippen molar-refractivity contribution in [3.8, 4) is 0 Å². The van der Waals surface area contributed by atoms with Crippen molar-refractivity contribution in [2.24, 2.45) is 0 Å². The summed E-state index contributed by atoms with van der Waals surface area (Å²) in [6, 6.07) is 13.2. The first-order chi connectivity index (χ1) is 7.60. The van der Waals surface area contributed by atoms with Gasteiger partial charge in [-0.25, -0.2) is 0 Å². The predicted octanol–water partition coefficient (Wildman–Crippen LogP) is 3.10. The van der Waals surface area contributed by atoms with E-state index in [1.54, 1.807) is 13.1 Å². The number of rotatable bonds is 2. The Morgan fingerprint density at radius 1 is 1.12 bits per heavy atom. The van der Waals surface area contributed by atoms with Gasteiger partial charge in [0.1, 0.15) is 5.60 Å². The third-order valence-corrected chi connectivity index (χ3v) is 3.03. The first-order valence-electron chi connectivity index (χ1n) is 5.00. The van der Waals surface area contributed by atoms with Crippen LogP contribution in [0.25, 0.3) is 0 Å². The average Bonchev–Trinajstić information content (AvgIpc) is 2.31. The molecule has 2 nitrogen and oxygen atoms in total. The second kappa shape index (κ2) is 4.36. The van der Waals surface area contributed by atoms with Crippen LogP contribution in [0.4, 0.5) is 0 Å². The lowest BCUT2D eigenvalue weighted by molar-refractivity contribution is 0.0974. The fraction of sp³-hybridized carbons (Fsp3) is 0.154. The zero-order valence-corrected chi connectivity index (χ0v) is 10.5. The van der Waals surface area contributed by atoms with Crippen LogP contribution in [0, 0.1) is 0 Å². The molecule has 0 fully saturated rings. The second-order valence-electron chi connectivity index (χ2n) is 3.80. The molecular formula is C13H12BrNO. The quantitative estimate of drug-likeness (QED) is 0.915. The normalized spacial score (nSPS) is 14.4. The van der Waals surface area contributed by atoms with E-state index in [-0.39, 0.29) is 0 Å². The lowest BCUT2D eigenvalue weighted by atomic mass is 9.92. The zero-order valence-electron chi connectivity index (χ0n) is 8.89. The minimum Gasteiger partial charge on any atom is -0.379 e. The Hall–Kier alpha value is -1.19. The van der Waals surface area contributed by atoms with Gasteiger partial charge in [-0.1, -0.05) is 30.3 Å². The fourth-order valence-electron chi connectivity index (χ4n) is 1.57. The van der Waals surface area contributed by atoms with E-state index in [2.05, 4.69) is 20.9 Å². The molecule has 0 aliphatic carbocycles. The highest BCUT2D eigenvalue weighted by molar-refractivity contribution is 9.10. The Bertz CT molecular complexity index is 465. The van der Waals surface area contributed by atoms with Gasteiger partial charge in [0, 0.05) is 10.7 Å². The molecule has 82 valence electrons. The molecule has 1 heterocycles. The van der Waals surface area contributed by atoms with Crippen molar-refractivity contribution in [2.45, 2.75) is 12.5 Å². The molecule has 0 amide bonds. The molecular weight excluding hydrogens is 266 g/mol. The van der Waals surface area contributed by atoms with Gasteiger partial charge in [0.2, 0.25) is 0 Å². The van der Waals surface area contributed by atoms with Gasteiger partial charge in [-0.2, -0.15) is 0 Å². The van der Waals surface area contributed by atoms with Crippen LogP contribution in [0.1, 0.15) is 18.2 Å². The number of aromatic nitrogens is 1. The van der Waals surface area contributed by atoms with Crippen LogP contribution in [0.2, 0.25) is 0 Å². The molecule has 0 saturated heterocycles. The Morgan fingerprint density at radius 2 is 1.81 bits per heavy atom. The molecule has 0 aliphatic rings. The number of hydrogen-bond donors (Lipinski definition) is 1. The molecule has 0 radical (unpaired) electrons. The highest BCUT2D eigenvalue weighted by atomic mass is 79.9. The van der Waals surface area contributed by atoms with Gasteiger partial charge in [-0.3, -0.25) is 4.98 Å². The first kappa shape index (κ1) is 11.3. The van der Waals surface area contributed by atoms with Crippen LogP contribution < -0.4 is 0 Å². The van der Waals surface area contributed by atoms with E-state index in [1.807, 2.05) is 42.5 Å². The van der Waals surface area contributed by atoms with Gasteiger partial charge in [0.05, 0.1) is 5.69 Å². The van der Waals surface area contributed by atoms with Gasteiger partial charge in [0.25, 0.3) is 0 Å². The molecule has 0 bridgehead atoms. The summed E-state index contributed by atoms with van der Waals surface area (Å²) in [4.78, 5) is 4.23. The number of hydrogen-bond acceptors (Lipinski definition) is 2. The van der Waals surface area contributed by atoms with E-state index in [1.165, 1.54) is 0 Å². The summed E-state index contributed by atoms with van der Waals surface area (Å²) < 4.78 is 0.903. The van der Waals surface area contributed by atoms with Gasteiger partial charge in [-0.15, -0.1) is 0 Å². The lowest BCUT2D eigenvalue weighted by Gasteiger charge is -2.23. The third-order valence-electron chi connectivity index (χ3n) is 2.56. The third kappa shape index (κ3) is 2.15. The molecule has 1 atom stereocenters. The van der Waals surface area contributed by atoms with Crippen molar-refractivity contribution in [1.82, 2.24) is 4.98 Å². The summed E-state index contributed by atoms with van der Waals surface area (Å²) in [7, 11) is 0. The summed E-state index contributed by atoms with van der Waals surface area (Å²) in [5.41, 5.74) is 0.425. The van der Waals surface area contributed by atoms with E-state index < -0.39 is 5.60 Å². The van der Waals surface area contributed by atoms with Crippen LogP contribution >= 0.6 is 15.9 Å². The molecule has 0 spiro atoms. The van der Waals surface area contributed by atoms with Crippen molar-refractivity contribution >= 4 is 15.9 Å². The largest absolute Gasteiger partial charge is 0.379 e. The SMILES string of the molecule is CC(O)(c1ccccc1)c1ccc(Br)cn1. The molecule has 1 aromatic carbocycles. The minimum atomic E-state index is -1.05. The number of benzene rings is 1. The predicted molar refractivity (Wildman–Crippen MR) is 67.1 cm³/mol.